The first kappa shape index (κ1) is 13.0. The summed E-state index contributed by atoms with van der Waals surface area (Å²) in [4.78, 5) is 0. The van der Waals surface area contributed by atoms with Crippen molar-refractivity contribution in [1.82, 2.24) is 0 Å². The predicted octanol–water partition coefficient (Wildman–Crippen LogP) is 2.93. The Hall–Kier alpha value is -1.02. The molecule has 0 unspecified atom stereocenters. The van der Waals surface area contributed by atoms with Crippen molar-refractivity contribution >= 4 is 0 Å². The Morgan fingerprint density at radius 3 is 2.62 bits per heavy atom. The van der Waals surface area contributed by atoms with Crippen LogP contribution < -0.4 is 10.5 Å². The lowest BCUT2D eigenvalue weighted by molar-refractivity contribution is 0.317. The van der Waals surface area contributed by atoms with Crippen LogP contribution in [0.25, 0.3) is 0 Å². The number of hydrogen-bond acceptors (Lipinski definition) is 2. The van der Waals surface area contributed by atoms with Crippen LogP contribution in [0.1, 0.15) is 37.8 Å². The summed E-state index contributed by atoms with van der Waals surface area (Å²) < 4.78 is 5.63. The molecule has 0 aliphatic rings. The van der Waals surface area contributed by atoms with Gasteiger partial charge in [0.05, 0.1) is 6.61 Å². The first-order valence-corrected chi connectivity index (χ1v) is 6.26. The van der Waals surface area contributed by atoms with Crippen LogP contribution in [0.2, 0.25) is 0 Å². The van der Waals surface area contributed by atoms with Crippen molar-refractivity contribution in [1.29, 1.82) is 0 Å². The summed E-state index contributed by atoms with van der Waals surface area (Å²) in [6.07, 6.45) is 4.25. The Morgan fingerprint density at radius 1 is 1.19 bits per heavy atom. The predicted molar refractivity (Wildman–Crippen MR) is 69.0 cm³/mol. The number of nitrogens with two attached hydrogens (primary N) is 1. The van der Waals surface area contributed by atoms with Gasteiger partial charge in [0.15, 0.2) is 0 Å². The molecule has 1 rings (SSSR count). The lowest BCUT2D eigenvalue weighted by Crippen LogP contribution is -2.03. The summed E-state index contributed by atoms with van der Waals surface area (Å²) >= 11 is 0. The smallest absolute Gasteiger partial charge is 0.119 e. The zero-order valence-electron chi connectivity index (χ0n) is 10.5. The van der Waals surface area contributed by atoms with E-state index in [-0.39, 0.29) is 0 Å². The highest BCUT2D eigenvalue weighted by atomic mass is 16.5. The van der Waals surface area contributed by atoms with E-state index in [0.717, 1.165) is 44.6 Å². The molecule has 0 aliphatic heterocycles. The molecule has 0 atom stereocenters. The van der Waals surface area contributed by atoms with E-state index >= 15 is 0 Å². The molecule has 1 aromatic carbocycles. The maximum absolute atomic E-state index is 5.63. The molecule has 16 heavy (non-hydrogen) atoms. The van der Waals surface area contributed by atoms with E-state index in [9.17, 15) is 0 Å². The van der Waals surface area contributed by atoms with E-state index in [0.29, 0.717) is 0 Å². The second-order valence-corrected chi connectivity index (χ2v) is 4.02. The second-order valence-electron chi connectivity index (χ2n) is 4.02. The Kier molecular flexibility index (Phi) is 5.94. The third-order valence-corrected chi connectivity index (χ3v) is 2.68. The molecule has 2 heteroatoms. The number of benzene rings is 1. The van der Waals surface area contributed by atoms with Crippen molar-refractivity contribution in [2.75, 3.05) is 13.2 Å². The molecule has 0 bridgehead atoms. The van der Waals surface area contributed by atoms with E-state index in [4.69, 9.17) is 10.5 Å². The highest BCUT2D eigenvalue weighted by Gasteiger charge is 2.02. The topological polar surface area (TPSA) is 35.2 Å². The average molecular weight is 221 g/mol. The molecule has 0 spiro atoms. The first-order valence-electron chi connectivity index (χ1n) is 6.26. The van der Waals surface area contributed by atoms with Gasteiger partial charge in [-0.1, -0.05) is 19.9 Å². The van der Waals surface area contributed by atoms with Crippen LogP contribution in [0.15, 0.2) is 18.2 Å². The number of hydrogen-bond donors (Lipinski definition) is 1. The Morgan fingerprint density at radius 2 is 2.00 bits per heavy atom. The van der Waals surface area contributed by atoms with Gasteiger partial charge in [-0.2, -0.15) is 0 Å². The zero-order chi connectivity index (χ0) is 11.8. The summed E-state index contributed by atoms with van der Waals surface area (Å²) in [5.41, 5.74) is 8.34. The fraction of sp³-hybridized carbons (Fsp3) is 0.571. The van der Waals surface area contributed by atoms with Crippen molar-refractivity contribution in [3.8, 4) is 5.75 Å². The van der Waals surface area contributed by atoms with Crippen LogP contribution in [0, 0.1) is 0 Å². The van der Waals surface area contributed by atoms with Gasteiger partial charge in [-0.25, -0.2) is 0 Å². The molecule has 0 heterocycles. The largest absolute Gasteiger partial charge is 0.494 e. The van der Waals surface area contributed by atoms with Crippen LogP contribution >= 0.6 is 0 Å². The molecule has 2 nitrogen and oxygen atoms in total. The average Bonchev–Trinajstić information content (AvgIpc) is 2.34. The summed E-state index contributed by atoms with van der Waals surface area (Å²) in [6, 6.07) is 6.42. The van der Waals surface area contributed by atoms with Gasteiger partial charge in [0, 0.05) is 0 Å². The lowest BCUT2D eigenvalue weighted by atomic mass is 10.0. The standard InChI is InChI=1S/C14H23NO/c1-3-10-16-14-8-7-13(6-5-9-15)12(4-2)11-14/h7-8,11H,3-6,9-10,15H2,1-2H3. The highest BCUT2D eigenvalue weighted by molar-refractivity contribution is 5.35. The fourth-order valence-electron chi connectivity index (χ4n) is 1.78. The molecule has 0 aromatic heterocycles. The van der Waals surface area contributed by atoms with Crippen molar-refractivity contribution in [2.45, 2.75) is 39.5 Å². The van der Waals surface area contributed by atoms with E-state index in [1.54, 1.807) is 0 Å². The van der Waals surface area contributed by atoms with Crippen molar-refractivity contribution < 1.29 is 4.74 Å². The van der Waals surface area contributed by atoms with Crippen LogP contribution in [-0.4, -0.2) is 13.2 Å². The molecule has 0 amide bonds. The molecule has 0 aliphatic carbocycles. The fourth-order valence-corrected chi connectivity index (χ4v) is 1.78. The molecule has 0 saturated heterocycles. The Labute approximate surface area is 98.8 Å². The van der Waals surface area contributed by atoms with Gasteiger partial charge in [-0.15, -0.1) is 0 Å². The van der Waals surface area contributed by atoms with Crippen LogP contribution in [0.5, 0.6) is 5.75 Å². The number of aryl methyl sites for hydroxylation is 2. The minimum absolute atomic E-state index is 0.761. The van der Waals surface area contributed by atoms with Crippen molar-refractivity contribution in [2.24, 2.45) is 5.73 Å². The number of rotatable bonds is 7. The first-order chi connectivity index (χ1) is 7.81. The van der Waals surface area contributed by atoms with E-state index in [2.05, 4.69) is 32.0 Å². The highest BCUT2D eigenvalue weighted by Crippen LogP contribution is 2.20. The van der Waals surface area contributed by atoms with Crippen LogP contribution in [0.4, 0.5) is 0 Å². The molecule has 1 aromatic rings. The Balaban J connectivity index is 2.71. The summed E-state index contributed by atoms with van der Waals surface area (Å²) in [5, 5.41) is 0. The van der Waals surface area contributed by atoms with Gasteiger partial charge >= 0.3 is 0 Å². The van der Waals surface area contributed by atoms with Gasteiger partial charge in [0.2, 0.25) is 0 Å². The third kappa shape index (κ3) is 3.86. The second kappa shape index (κ2) is 7.29. The van der Waals surface area contributed by atoms with Gasteiger partial charge < -0.3 is 10.5 Å². The quantitative estimate of drug-likeness (QED) is 0.768. The van der Waals surface area contributed by atoms with Crippen LogP contribution in [0.3, 0.4) is 0 Å². The molecular weight excluding hydrogens is 198 g/mol. The van der Waals surface area contributed by atoms with E-state index in [1.807, 2.05) is 0 Å². The molecule has 2 N–H and O–H groups in total. The van der Waals surface area contributed by atoms with Crippen molar-refractivity contribution in [3.05, 3.63) is 29.3 Å². The SMILES string of the molecule is CCCOc1ccc(CCCN)c(CC)c1. The van der Waals surface area contributed by atoms with E-state index in [1.165, 1.54) is 11.1 Å². The molecule has 0 radical (unpaired) electrons. The molecule has 0 saturated carbocycles. The zero-order valence-corrected chi connectivity index (χ0v) is 10.5. The summed E-state index contributed by atoms with van der Waals surface area (Å²) in [5.74, 6) is 0.996. The molecular formula is C14H23NO. The Bertz CT molecular complexity index is 310. The van der Waals surface area contributed by atoms with Gasteiger partial charge in [-0.3, -0.25) is 0 Å². The summed E-state index contributed by atoms with van der Waals surface area (Å²) in [7, 11) is 0. The maximum atomic E-state index is 5.63. The van der Waals surface area contributed by atoms with Gasteiger partial charge in [0.1, 0.15) is 5.75 Å². The number of ether oxygens (including phenoxy) is 1. The normalized spacial score (nSPS) is 10.4. The third-order valence-electron chi connectivity index (χ3n) is 2.68. The van der Waals surface area contributed by atoms with Gasteiger partial charge in [-0.05, 0) is 55.5 Å². The van der Waals surface area contributed by atoms with Crippen molar-refractivity contribution in [3.63, 3.8) is 0 Å². The van der Waals surface area contributed by atoms with Crippen LogP contribution in [-0.2, 0) is 12.8 Å². The minimum Gasteiger partial charge on any atom is -0.494 e. The van der Waals surface area contributed by atoms with E-state index < -0.39 is 0 Å². The minimum atomic E-state index is 0.761. The van der Waals surface area contributed by atoms with Gasteiger partial charge in [0.25, 0.3) is 0 Å². The molecule has 0 fully saturated rings. The maximum Gasteiger partial charge on any atom is 0.119 e. The summed E-state index contributed by atoms with van der Waals surface area (Å²) in [6.45, 7) is 5.86. The monoisotopic (exact) mass is 221 g/mol. The molecule has 90 valence electrons. The lowest BCUT2D eigenvalue weighted by Gasteiger charge is -2.11.